The maximum Gasteiger partial charge on any atom is 0.573 e. The highest BCUT2D eigenvalue weighted by Gasteiger charge is 2.38. The fourth-order valence-corrected chi connectivity index (χ4v) is 3.52. The topological polar surface area (TPSA) is 71.3 Å². The number of halogens is 5. The highest BCUT2D eigenvalue weighted by Crippen LogP contribution is 2.46. The molecule has 0 radical (unpaired) electrons. The lowest BCUT2D eigenvalue weighted by atomic mass is 10.0. The van der Waals surface area contributed by atoms with Crippen molar-refractivity contribution in [1.29, 1.82) is 0 Å². The molecule has 3 aromatic rings. The Morgan fingerprint density at radius 1 is 1.16 bits per heavy atom. The highest BCUT2D eigenvalue weighted by molar-refractivity contribution is 5.84. The van der Waals surface area contributed by atoms with Crippen molar-refractivity contribution in [2.45, 2.75) is 31.9 Å². The lowest BCUT2D eigenvalue weighted by molar-refractivity contribution is -0.275. The molecule has 12 heteroatoms. The molecular formula is C19H17F5N4O3. The smallest absolute Gasteiger partial charge is 0.480 e. The zero-order valence-corrected chi connectivity index (χ0v) is 16.4. The zero-order valence-electron chi connectivity index (χ0n) is 16.4. The van der Waals surface area contributed by atoms with Crippen LogP contribution < -0.4 is 14.2 Å². The van der Waals surface area contributed by atoms with Gasteiger partial charge in [-0.05, 0) is 36.5 Å². The first-order valence-corrected chi connectivity index (χ1v) is 9.24. The van der Waals surface area contributed by atoms with Crippen molar-refractivity contribution in [1.82, 2.24) is 19.7 Å². The Balaban J connectivity index is 1.85. The van der Waals surface area contributed by atoms with Crippen LogP contribution >= 0.6 is 0 Å². The zero-order chi connectivity index (χ0) is 22.3. The van der Waals surface area contributed by atoms with E-state index in [1.165, 1.54) is 25.0 Å². The molecule has 0 aliphatic heterocycles. The summed E-state index contributed by atoms with van der Waals surface area (Å²) >= 11 is 0. The average molecular weight is 444 g/mol. The summed E-state index contributed by atoms with van der Waals surface area (Å²) in [6.07, 6.45) is -3.46. The van der Waals surface area contributed by atoms with E-state index in [0.717, 1.165) is 25.0 Å². The monoisotopic (exact) mass is 444 g/mol. The number of ether oxygens (including phenoxy) is 3. The van der Waals surface area contributed by atoms with Crippen LogP contribution in [0.3, 0.4) is 0 Å². The van der Waals surface area contributed by atoms with E-state index >= 15 is 0 Å². The predicted octanol–water partition coefficient (Wildman–Crippen LogP) is 4.35. The van der Waals surface area contributed by atoms with Gasteiger partial charge in [-0.25, -0.2) is 13.5 Å². The van der Waals surface area contributed by atoms with Crippen LogP contribution in [0, 0.1) is 11.7 Å². The molecule has 1 saturated carbocycles. The standard InChI is InChI=1S/C19H17F5N4O3/c1-29-17-14-12(8-20)27-28(16(14)25-18(26-17)30-2)15(9-3-4-9)10-5-6-13(11(21)7-10)31-19(22,23)24/h5-7,9,15H,3-4,8H2,1-2H3. The number of fused-ring (bicyclic) bond motifs is 1. The van der Waals surface area contributed by atoms with E-state index in [-0.39, 0.29) is 34.5 Å². The molecule has 1 atom stereocenters. The Kier molecular flexibility index (Phi) is 5.31. The van der Waals surface area contributed by atoms with Crippen LogP contribution in [0.5, 0.6) is 17.6 Å². The molecule has 0 spiro atoms. The van der Waals surface area contributed by atoms with Crippen molar-refractivity contribution in [2.24, 2.45) is 5.92 Å². The van der Waals surface area contributed by atoms with Crippen LogP contribution in [-0.2, 0) is 6.67 Å². The van der Waals surface area contributed by atoms with E-state index in [9.17, 15) is 22.0 Å². The summed E-state index contributed by atoms with van der Waals surface area (Å²) < 4.78 is 80.9. The van der Waals surface area contributed by atoms with Gasteiger partial charge in [0.15, 0.2) is 17.2 Å². The molecule has 166 valence electrons. The Labute approximate surface area is 172 Å². The molecule has 1 aliphatic rings. The number of rotatable bonds is 7. The number of methoxy groups -OCH3 is 2. The maximum absolute atomic E-state index is 14.4. The second-order valence-corrected chi connectivity index (χ2v) is 6.96. The van der Waals surface area contributed by atoms with Crippen molar-refractivity contribution in [3.8, 4) is 17.6 Å². The van der Waals surface area contributed by atoms with Crippen molar-refractivity contribution >= 4 is 11.0 Å². The molecule has 0 bridgehead atoms. The normalized spacial score (nSPS) is 15.2. The second-order valence-electron chi connectivity index (χ2n) is 6.96. The van der Waals surface area contributed by atoms with E-state index < -0.39 is 30.6 Å². The SMILES string of the molecule is COc1nc(OC)c2c(CF)nn(C(c3ccc(OC(F)(F)F)c(F)c3)C3CC3)c2n1. The van der Waals surface area contributed by atoms with Gasteiger partial charge in [0.05, 0.1) is 20.3 Å². The van der Waals surface area contributed by atoms with Crippen molar-refractivity contribution in [2.75, 3.05) is 14.2 Å². The first kappa shape index (κ1) is 21.1. The molecule has 1 aromatic carbocycles. The molecule has 1 unspecified atom stereocenters. The van der Waals surface area contributed by atoms with Crippen LogP contribution in [0.1, 0.15) is 30.1 Å². The lowest BCUT2D eigenvalue weighted by Crippen LogP contribution is -2.19. The molecule has 1 aliphatic carbocycles. The first-order valence-electron chi connectivity index (χ1n) is 9.24. The van der Waals surface area contributed by atoms with E-state index in [0.29, 0.717) is 5.56 Å². The summed E-state index contributed by atoms with van der Waals surface area (Å²) in [6, 6.07) is 2.56. The van der Waals surface area contributed by atoms with E-state index in [4.69, 9.17) is 9.47 Å². The largest absolute Gasteiger partial charge is 0.573 e. The Hall–Kier alpha value is -3.18. The van der Waals surface area contributed by atoms with Gasteiger partial charge < -0.3 is 14.2 Å². The third-order valence-electron chi connectivity index (χ3n) is 4.93. The molecule has 1 fully saturated rings. The molecule has 0 amide bonds. The Morgan fingerprint density at radius 2 is 1.90 bits per heavy atom. The third-order valence-corrected chi connectivity index (χ3v) is 4.93. The number of alkyl halides is 4. The molecule has 2 aromatic heterocycles. The first-order chi connectivity index (χ1) is 14.8. The average Bonchev–Trinajstić information content (AvgIpc) is 3.49. The molecule has 31 heavy (non-hydrogen) atoms. The van der Waals surface area contributed by atoms with E-state index in [1.807, 2.05) is 0 Å². The minimum absolute atomic E-state index is 0.0105. The lowest BCUT2D eigenvalue weighted by Gasteiger charge is -2.19. The van der Waals surface area contributed by atoms with Crippen molar-refractivity contribution < 1.29 is 36.2 Å². The Bertz CT molecular complexity index is 1110. The molecule has 0 saturated heterocycles. The summed E-state index contributed by atoms with van der Waals surface area (Å²) in [6.45, 7) is -0.931. The maximum atomic E-state index is 14.4. The minimum atomic E-state index is -5.02. The van der Waals surface area contributed by atoms with Crippen LogP contribution in [-0.4, -0.2) is 40.3 Å². The number of benzene rings is 1. The third kappa shape index (κ3) is 4.06. The van der Waals surface area contributed by atoms with Gasteiger partial charge in [-0.15, -0.1) is 13.2 Å². The fraction of sp³-hybridized carbons (Fsp3) is 0.421. The molecule has 2 heterocycles. The van der Waals surface area contributed by atoms with Gasteiger partial charge in [0.2, 0.25) is 5.88 Å². The number of hydrogen-bond acceptors (Lipinski definition) is 6. The van der Waals surface area contributed by atoms with Gasteiger partial charge in [-0.2, -0.15) is 15.1 Å². The predicted molar refractivity (Wildman–Crippen MR) is 97.2 cm³/mol. The minimum Gasteiger partial charge on any atom is -0.480 e. The van der Waals surface area contributed by atoms with Gasteiger partial charge in [-0.1, -0.05) is 6.07 Å². The van der Waals surface area contributed by atoms with Crippen molar-refractivity contribution in [3.63, 3.8) is 0 Å². The van der Waals surface area contributed by atoms with Gasteiger partial charge >= 0.3 is 12.4 Å². The van der Waals surface area contributed by atoms with E-state index in [1.54, 1.807) is 0 Å². The molecule has 4 rings (SSSR count). The van der Waals surface area contributed by atoms with Crippen LogP contribution in [0.2, 0.25) is 0 Å². The molecular weight excluding hydrogens is 427 g/mol. The van der Waals surface area contributed by atoms with E-state index in [2.05, 4.69) is 19.8 Å². The summed E-state index contributed by atoms with van der Waals surface area (Å²) in [5, 5.41) is 4.56. The fourth-order valence-electron chi connectivity index (χ4n) is 3.52. The van der Waals surface area contributed by atoms with Crippen LogP contribution in [0.15, 0.2) is 18.2 Å². The van der Waals surface area contributed by atoms with Crippen LogP contribution in [0.4, 0.5) is 22.0 Å². The van der Waals surface area contributed by atoms with Gasteiger partial charge in [0, 0.05) is 0 Å². The number of nitrogens with zero attached hydrogens (tertiary/aromatic N) is 4. The summed E-state index contributed by atoms with van der Waals surface area (Å²) in [5.74, 6) is -2.04. The summed E-state index contributed by atoms with van der Waals surface area (Å²) in [5.41, 5.74) is 0.586. The quantitative estimate of drug-likeness (QED) is 0.505. The second kappa shape index (κ2) is 7.82. The van der Waals surface area contributed by atoms with Gasteiger partial charge in [0.25, 0.3) is 0 Å². The van der Waals surface area contributed by atoms with Crippen molar-refractivity contribution in [3.05, 3.63) is 35.3 Å². The number of aromatic nitrogens is 4. The van der Waals surface area contributed by atoms with Gasteiger partial charge in [0.1, 0.15) is 17.8 Å². The molecule has 7 nitrogen and oxygen atoms in total. The summed E-state index contributed by atoms with van der Waals surface area (Å²) in [7, 11) is 2.71. The van der Waals surface area contributed by atoms with Gasteiger partial charge in [-0.3, -0.25) is 0 Å². The number of hydrogen-bond donors (Lipinski definition) is 0. The summed E-state index contributed by atoms with van der Waals surface area (Å²) in [4.78, 5) is 8.32. The highest BCUT2D eigenvalue weighted by atomic mass is 19.4. The molecule has 0 N–H and O–H groups in total. The Morgan fingerprint density at radius 3 is 2.45 bits per heavy atom. The van der Waals surface area contributed by atoms with Crippen LogP contribution in [0.25, 0.3) is 11.0 Å².